The molecule has 2 aliphatic rings. The Balaban J connectivity index is 0.851. The molecule has 1 aliphatic carbocycles. The number of ether oxygens (including phenoxy) is 3. The molecule has 15 nitrogen and oxygen atoms in total. The van der Waals surface area contributed by atoms with E-state index in [4.69, 9.17) is 14.5 Å². The molecule has 0 radical (unpaired) electrons. The van der Waals surface area contributed by atoms with Crippen LogP contribution in [0, 0.1) is 5.92 Å². The van der Waals surface area contributed by atoms with Gasteiger partial charge in [0.05, 0.1) is 31.0 Å². The molecule has 4 atom stereocenters. The number of aliphatic hydroxyl groups is 1. The molecule has 67 heavy (non-hydrogen) atoms. The molecule has 5 aromatic rings. The number of halogens is 3. The van der Waals surface area contributed by atoms with Crippen molar-refractivity contribution >= 4 is 40.4 Å². The van der Waals surface area contributed by atoms with Gasteiger partial charge in [0.25, 0.3) is 5.91 Å². The Morgan fingerprint density at radius 3 is 2.45 bits per heavy atom. The molecule has 1 saturated heterocycles. The van der Waals surface area contributed by atoms with Gasteiger partial charge in [-0.1, -0.05) is 43.5 Å². The number of thiazole rings is 1. The number of carbonyl (C=O) groups is 3. The van der Waals surface area contributed by atoms with E-state index in [0.29, 0.717) is 51.9 Å². The number of hydrogen-bond acceptors (Lipinski definition) is 14. The second-order valence-corrected chi connectivity index (χ2v) is 17.4. The van der Waals surface area contributed by atoms with E-state index in [1.54, 1.807) is 67.0 Å². The number of nitrogens with zero attached hydrogens (tertiary/aromatic N) is 4. The molecule has 5 N–H and O–H groups in total. The molecule has 3 aromatic carbocycles. The number of likely N-dealkylation sites (tertiary alicyclic amines) is 1. The standard InChI is InChI=1S/C48H55F3N8O7S/c1-30(52-2)44(61)58-42(31-9-4-3-5-10-31)47(63)59-21-8-15-40(59)46-57-39(28-67-46)43(60)33-12-7-14-37(26-33)65-24-23-64-22-20-53-45(62)34-13-6-11-32(25-34)38-27-41(55-29-54-38)56-35-16-18-36(19-17-35)66-48(49,50)51/h6-7,11-14,16-19,25-31,40,42,44,52,58,61H,3-5,8-10,15,20-24H2,1-2H3,(H,53,62)(H,54,55,56)/t30-,40-,42-,44?/m0/s1. The van der Waals surface area contributed by atoms with Crippen LogP contribution in [-0.4, -0.2) is 107 Å². The predicted molar refractivity (Wildman–Crippen MR) is 246 cm³/mol. The zero-order chi connectivity index (χ0) is 47.3. The maximum atomic E-state index is 14.2. The summed E-state index contributed by atoms with van der Waals surface area (Å²) in [6.45, 7) is 3.37. The molecule has 2 fully saturated rings. The highest BCUT2D eigenvalue weighted by atomic mass is 32.1. The van der Waals surface area contributed by atoms with E-state index in [9.17, 15) is 32.7 Å². The maximum Gasteiger partial charge on any atom is 0.573 e. The lowest BCUT2D eigenvalue weighted by atomic mass is 9.83. The van der Waals surface area contributed by atoms with Gasteiger partial charge in [-0.05, 0) is 94.1 Å². The molecule has 2 amide bonds. The van der Waals surface area contributed by atoms with Gasteiger partial charge in [-0.2, -0.15) is 0 Å². The van der Waals surface area contributed by atoms with Crippen LogP contribution in [0.4, 0.5) is 24.7 Å². The van der Waals surface area contributed by atoms with Crippen LogP contribution in [0.2, 0.25) is 0 Å². The Labute approximate surface area is 390 Å². The van der Waals surface area contributed by atoms with Crippen molar-refractivity contribution < 1.29 is 46.9 Å². The maximum absolute atomic E-state index is 14.2. The highest BCUT2D eigenvalue weighted by molar-refractivity contribution is 7.10. The summed E-state index contributed by atoms with van der Waals surface area (Å²) >= 11 is 1.38. The molecule has 7 rings (SSSR count). The van der Waals surface area contributed by atoms with Gasteiger partial charge in [0, 0.05) is 53.0 Å². The molecule has 3 heterocycles. The Hall–Kier alpha value is -5.99. The van der Waals surface area contributed by atoms with Crippen LogP contribution in [0.1, 0.15) is 89.3 Å². The first kappa shape index (κ1) is 48.9. The van der Waals surface area contributed by atoms with Crippen molar-refractivity contribution in [2.75, 3.05) is 45.3 Å². The molecule has 1 unspecified atom stereocenters. The number of hydrogen-bond donors (Lipinski definition) is 5. The summed E-state index contributed by atoms with van der Waals surface area (Å²) in [5.41, 5.74) is 2.77. The lowest BCUT2D eigenvalue weighted by molar-refractivity contribution is -0.274. The first-order chi connectivity index (χ1) is 32.3. The van der Waals surface area contributed by atoms with Gasteiger partial charge in [0.1, 0.15) is 47.2 Å². The van der Waals surface area contributed by atoms with E-state index in [0.717, 1.165) is 50.0 Å². The first-order valence-corrected chi connectivity index (χ1v) is 23.3. The summed E-state index contributed by atoms with van der Waals surface area (Å²) < 4.78 is 53.0. The molecule has 2 aromatic heterocycles. The van der Waals surface area contributed by atoms with E-state index in [2.05, 4.69) is 36.0 Å². The third kappa shape index (κ3) is 13.6. The lowest BCUT2D eigenvalue weighted by Gasteiger charge is -2.36. The van der Waals surface area contributed by atoms with Gasteiger partial charge >= 0.3 is 6.36 Å². The number of rotatable bonds is 21. The smallest absolute Gasteiger partial charge is 0.491 e. The molecular weight excluding hydrogens is 890 g/mol. The molecule has 0 bridgehead atoms. The number of amides is 2. The molecular formula is C48H55F3N8O7S. The minimum absolute atomic E-state index is 0.0232. The number of aliphatic hydroxyl groups excluding tert-OH is 1. The van der Waals surface area contributed by atoms with Crippen molar-refractivity contribution in [1.29, 1.82) is 0 Å². The van der Waals surface area contributed by atoms with E-state index >= 15 is 0 Å². The van der Waals surface area contributed by atoms with Crippen LogP contribution in [0.15, 0.2) is 90.6 Å². The second-order valence-electron chi connectivity index (χ2n) is 16.5. The third-order valence-corrected chi connectivity index (χ3v) is 12.8. The van der Waals surface area contributed by atoms with Crippen LogP contribution in [0.5, 0.6) is 11.5 Å². The zero-order valence-corrected chi connectivity index (χ0v) is 38.1. The first-order valence-electron chi connectivity index (χ1n) is 22.4. The van der Waals surface area contributed by atoms with Crippen LogP contribution in [0.3, 0.4) is 0 Å². The Kier molecular flexibility index (Phi) is 16.9. The third-order valence-electron chi connectivity index (χ3n) is 11.8. The fourth-order valence-electron chi connectivity index (χ4n) is 8.20. The summed E-state index contributed by atoms with van der Waals surface area (Å²) in [6, 6.07) is 19.6. The van der Waals surface area contributed by atoms with Crippen molar-refractivity contribution in [3.8, 4) is 22.8 Å². The number of anilines is 2. The number of benzene rings is 3. The topological polar surface area (TPSA) is 189 Å². The van der Waals surface area contributed by atoms with Crippen molar-refractivity contribution in [2.24, 2.45) is 5.92 Å². The Bertz CT molecular complexity index is 2440. The van der Waals surface area contributed by atoms with Crippen LogP contribution in [-0.2, 0) is 9.53 Å². The summed E-state index contributed by atoms with van der Waals surface area (Å²) in [5.74, 6) is 0.0820. The Morgan fingerprint density at radius 2 is 1.67 bits per heavy atom. The molecule has 0 spiro atoms. The second kappa shape index (κ2) is 23.1. The number of ketones is 1. The average molecular weight is 945 g/mol. The largest absolute Gasteiger partial charge is 0.573 e. The van der Waals surface area contributed by atoms with Crippen LogP contribution in [0.25, 0.3) is 11.3 Å². The monoisotopic (exact) mass is 944 g/mol. The predicted octanol–water partition coefficient (Wildman–Crippen LogP) is 7.43. The fourth-order valence-corrected chi connectivity index (χ4v) is 9.14. The summed E-state index contributed by atoms with van der Waals surface area (Å²) in [4.78, 5) is 56.0. The van der Waals surface area contributed by atoms with E-state index in [1.807, 2.05) is 11.8 Å². The molecule has 19 heteroatoms. The molecule has 1 saturated carbocycles. The molecule has 1 aliphatic heterocycles. The van der Waals surface area contributed by atoms with E-state index in [-0.39, 0.29) is 67.7 Å². The van der Waals surface area contributed by atoms with Crippen molar-refractivity contribution in [1.82, 2.24) is 35.8 Å². The minimum Gasteiger partial charge on any atom is -0.491 e. The van der Waals surface area contributed by atoms with Crippen LogP contribution < -0.4 is 30.7 Å². The summed E-state index contributed by atoms with van der Waals surface area (Å²) in [7, 11) is 1.78. The van der Waals surface area contributed by atoms with E-state index < -0.39 is 18.6 Å². The summed E-state index contributed by atoms with van der Waals surface area (Å²) in [5, 5.41) is 25.5. The van der Waals surface area contributed by atoms with Gasteiger partial charge in [-0.15, -0.1) is 24.5 Å². The average Bonchev–Trinajstić information content (AvgIpc) is 4.04. The highest BCUT2D eigenvalue weighted by Crippen LogP contribution is 2.37. The van der Waals surface area contributed by atoms with Crippen LogP contribution >= 0.6 is 11.3 Å². The number of alkyl halides is 3. The number of carbonyl (C=O) groups excluding carboxylic acids is 3. The van der Waals surface area contributed by atoms with Crippen molar-refractivity contribution in [2.45, 2.75) is 82.6 Å². The molecule has 356 valence electrons. The minimum atomic E-state index is -4.79. The van der Waals surface area contributed by atoms with Gasteiger partial charge in [0.15, 0.2) is 0 Å². The van der Waals surface area contributed by atoms with Gasteiger partial charge in [-0.25, -0.2) is 15.0 Å². The highest BCUT2D eigenvalue weighted by Gasteiger charge is 2.40. The Morgan fingerprint density at radius 1 is 0.896 bits per heavy atom. The van der Waals surface area contributed by atoms with Crippen molar-refractivity contribution in [3.05, 3.63) is 112 Å². The quantitative estimate of drug-likeness (QED) is 0.0278. The normalized spacial score (nSPS) is 16.8. The number of nitrogens with one attached hydrogen (secondary N) is 4. The number of likely N-dealkylation sites (N-methyl/N-ethyl adjacent to an activating group) is 1. The zero-order valence-electron chi connectivity index (χ0n) is 37.3. The SMILES string of the molecule is CN[C@@H](C)C(O)N[C@H](C(=O)N1CCC[C@H]1c1nc(C(=O)c2cccc(OCCOCCNC(=O)c3cccc(-c4cc(Nc5ccc(OC(F)(F)F)cc5)ncn4)c3)c2)cs1)C1CCCCC1. The van der Waals surface area contributed by atoms with E-state index in [1.165, 1.54) is 41.9 Å². The van der Waals surface area contributed by atoms with Gasteiger partial charge < -0.3 is 40.2 Å². The fraction of sp³-hybridized carbons (Fsp3) is 0.417. The van der Waals surface area contributed by atoms with Crippen molar-refractivity contribution in [3.63, 3.8) is 0 Å². The van der Waals surface area contributed by atoms with Gasteiger partial charge in [0.2, 0.25) is 11.7 Å². The van der Waals surface area contributed by atoms with Gasteiger partial charge in [-0.3, -0.25) is 19.7 Å². The number of aromatic nitrogens is 3. The lowest BCUT2D eigenvalue weighted by Crippen LogP contribution is -2.57. The summed E-state index contributed by atoms with van der Waals surface area (Å²) in [6.07, 6.45) is 2.39.